The Kier molecular flexibility index (Phi) is 8.47. The van der Waals surface area contributed by atoms with Crippen molar-refractivity contribution in [3.8, 4) is 0 Å². The summed E-state index contributed by atoms with van der Waals surface area (Å²) >= 11 is 0. The molecule has 98 valence electrons. The summed E-state index contributed by atoms with van der Waals surface area (Å²) in [6.45, 7) is 12.1. The summed E-state index contributed by atoms with van der Waals surface area (Å²) in [6.07, 6.45) is 6.78. The van der Waals surface area contributed by atoms with Gasteiger partial charge in [-0.25, -0.2) is 0 Å². The molecule has 0 radical (unpaired) electrons. The van der Waals surface area contributed by atoms with Crippen LogP contribution < -0.4 is 5.32 Å². The van der Waals surface area contributed by atoms with E-state index in [0.717, 1.165) is 36.8 Å². The Hall–Kier alpha value is -1.05. The van der Waals surface area contributed by atoms with Crippen molar-refractivity contribution in [2.24, 2.45) is 0 Å². The molecule has 0 aliphatic carbocycles. The molecule has 0 rings (SSSR count). The molecule has 0 saturated heterocycles. The molecule has 0 spiro atoms. The van der Waals surface area contributed by atoms with Gasteiger partial charge in [0.15, 0.2) is 0 Å². The van der Waals surface area contributed by atoms with Crippen LogP contribution >= 0.6 is 0 Å². The molecule has 17 heavy (non-hydrogen) atoms. The molecule has 0 atom stereocenters. The highest BCUT2D eigenvalue weighted by Crippen LogP contribution is 2.12. The third-order valence-corrected chi connectivity index (χ3v) is 2.89. The predicted molar refractivity (Wildman–Crippen MR) is 74.9 cm³/mol. The maximum absolute atomic E-state index is 11.9. The van der Waals surface area contributed by atoms with Gasteiger partial charge < -0.3 is 5.32 Å². The van der Waals surface area contributed by atoms with Crippen molar-refractivity contribution in [2.75, 3.05) is 0 Å². The lowest BCUT2D eigenvalue weighted by Gasteiger charge is -2.18. The van der Waals surface area contributed by atoms with Crippen LogP contribution in [0.5, 0.6) is 0 Å². The monoisotopic (exact) mass is 237 g/mol. The molecule has 0 aromatic rings. The lowest BCUT2D eigenvalue weighted by Crippen LogP contribution is -2.34. The molecule has 0 bridgehead atoms. The number of carbonyl (C=O) groups is 1. The molecular formula is C15H27NO. The van der Waals surface area contributed by atoms with Gasteiger partial charge in [0.2, 0.25) is 5.91 Å². The van der Waals surface area contributed by atoms with E-state index in [1.807, 2.05) is 19.9 Å². The normalized spacial score (nSPS) is 11.7. The van der Waals surface area contributed by atoms with E-state index in [0.29, 0.717) is 12.5 Å². The molecule has 0 fully saturated rings. The maximum atomic E-state index is 11.9. The van der Waals surface area contributed by atoms with Gasteiger partial charge in [-0.2, -0.15) is 0 Å². The Balaban J connectivity index is 4.26. The van der Waals surface area contributed by atoms with Crippen molar-refractivity contribution >= 4 is 5.91 Å². The van der Waals surface area contributed by atoms with E-state index in [4.69, 9.17) is 0 Å². The number of rotatable bonds is 8. The van der Waals surface area contributed by atoms with Crippen LogP contribution in [0.3, 0.4) is 0 Å². The minimum absolute atomic E-state index is 0.119. The first kappa shape index (κ1) is 16.0. The fraction of sp³-hybridized carbons (Fsp3) is 0.667. The minimum Gasteiger partial charge on any atom is -0.353 e. The minimum atomic E-state index is 0.119. The second kappa shape index (κ2) is 9.03. The van der Waals surface area contributed by atoms with Gasteiger partial charge in [-0.15, -0.1) is 0 Å². The van der Waals surface area contributed by atoms with Gasteiger partial charge >= 0.3 is 0 Å². The zero-order chi connectivity index (χ0) is 13.3. The second-order valence-electron chi connectivity index (χ2n) is 4.61. The molecule has 2 nitrogen and oxygen atoms in total. The average molecular weight is 237 g/mol. The fourth-order valence-corrected chi connectivity index (χ4v) is 1.94. The van der Waals surface area contributed by atoms with E-state index >= 15 is 0 Å². The van der Waals surface area contributed by atoms with E-state index in [9.17, 15) is 4.79 Å². The summed E-state index contributed by atoms with van der Waals surface area (Å²) in [4.78, 5) is 11.9. The van der Waals surface area contributed by atoms with Crippen molar-refractivity contribution in [1.29, 1.82) is 0 Å². The number of hydrogen-bond donors (Lipinski definition) is 1. The zero-order valence-electron chi connectivity index (χ0n) is 11.8. The van der Waals surface area contributed by atoms with Gasteiger partial charge in [0, 0.05) is 6.04 Å². The van der Waals surface area contributed by atoms with Crippen LogP contribution in [-0.2, 0) is 4.79 Å². The van der Waals surface area contributed by atoms with Gasteiger partial charge in [0.25, 0.3) is 0 Å². The summed E-state index contributed by atoms with van der Waals surface area (Å²) in [7, 11) is 0. The van der Waals surface area contributed by atoms with E-state index in [1.165, 1.54) is 0 Å². The molecule has 1 N–H and O–H groups in total. The first-order valence-corrected chi connectivity index (χ1v) is 6.65. The van der Waals surface area contributed by atoms with Gasteiger partial charge in [-0.05, 0) is 32.3 Å². The van der Waals surface area contributed by atoms with Gasteiger partial charge in [-0.3, -0.25) is 4.79 Å². The Morgan fingerprint density at radius 1 is 1.29 bits per heavy atom. The van der Waals surface area contributed by atoms with E-state index in [-0.39, 0.29) is 5.91 Å². The Morgan fingerprint density at radius 3 is 2.18 bits per heavy atom. The van der Waals surface area contributed by atoms with Crippen molar-refractivity contribution < 1.29 is 4.79 Å². The Labute approximate surface area is 106 Å². The first-order chi connectivity index (χ1) is 8.04. The van der Waals surface area contributed by atoms with E-state index < -0.39 is 0 Å². The van der Waals surface area contributed by atoms with Crippen LogP contribution in [-0.4, -0.2) is 11.9 Å². The Bertz CT molecular complexity index is 273. The van der Waals surface area contributed by atoms with Gasteiger partial charge in [0.05, 0.1) is 6.42 Å². The number of carbonyl (C=O) groups excluding carboxylic acids is 1. The standard InChI is InChI=1S/C15H27NO/c1-6-9-14(10-7-2)16-15(17)11-13(8-3)12(4)5/h8,14H,4,6-7,9-11H2,1-3,5H3,(H,16,17)/b13-8+. The first-order valence-electron chi connectivity index (χ1n) is 6.65. The molecule has 0 aliphatic heterocycles. The molecule has 0 aromatic carbocycles. The molecule has 0 unspecified atom stereocenters. The Morgan fingerprint density at radius 2 is 1.82 bits per heavy atom. The highest BCUT2D eigenvalue weighted by atomic mass is 16.1. The molecule has 0 saturated carbocycles. The van der Waals surface area contributed by atoms with Crippen LogP contribution in [0.4, 0.5) is 0 Å². The molecule has 0 aromatic heterocycles. The second-order valence-corrected chi connectivity index (χ2v) is 4.61. The van der Waals surface area contributed by atoms with Gasteiger partial charge in [0.1, 0.15) is 0 Å². The third-order valence-electron chi connectivity index (χ3n) is 2.89. The lowest BCUT2D eigenvalue weighted by molar-refractivity contribution is -0.121. The van der Waals surface area contributed by atoms with Crippen molar-refractivity contribution in [1.82, 2.24) is 5.32 Å². The summed E-state index contributed by atoms with van der Waals surface area (Å²) in [6, 6.07) is 0.334. The van der Waals surface area contributed by atoms with Crippen molar-refractivity contribution in [2.45, 2.75) is 65.8 Å². The lowest BCUT2D eigenvalue weighted by atomic mass is 10.0. The average Bonchev–Trinajstić information content (AvgIpc) is 2.26. The molecule has 0 heterocycles. The van der Waals surface area contributed by atoms with Gasteiger partial charge in [-0.1, -0.05) is 44.9 Å². The fourth-order valence-electron chi connectivity index (χ4n) is 1.94. The zero-order valence-corrected chi connectivity index (χ0v) is 11.8. The van der Waals surface area contributed by atoms with E-state index in [2.05, 4.69) is 25.7 Å². The summed E-state index contributed by atoms with van der Waals surface area (Å²) in [5.41, 5.74) is 2.01. The molecule has 2 heteroatoms. The summed E-state index contributed by atoms with van der Waals surface area (Å²) < 4.78 is 0. The van der Waals surface area contributed by atoms with Crippen LogP contribution in [0.15, 0.2) is 23.8 Å². The number of hydrogen-bond acceptors (Lipinski definition) is 1. The van der Waals surface area contributed by atoms with Crippen molar-refractivity contribution in [3.05, 3.63) is 23.8 Å². The predicted octanol–water partition coefficient (Wildman–Crippen LogP) is 3.98. The topological polar surface area (TPSA) is 29.1 Å². The molecule has 1 amide bonds. The number of nitrogens with one attached hydrogen (secondary N) is 1. The number of allylic oxidation sites excluding steroid dienone is 2. The highest BCUT2D eigenvalue weighted by molar-refractivity contribution is 5.79. The third kappa shape index (κ3) is 6.98. The maximum Gasteiger partial charge on any atom is 0.224 e. The van der Waals surface area contributed by atoms with Crippen LogP contribution in [0.25, 0.3) is 0 Å². The van der Waals surface area contributed by atoms with E-state index in [1.54, 1.807) is 0 Å². The SMILES string of the molecule is C=C(C)/C(=C/C)CC(=O)NC(CCC)CCC. The smallest absolute Gasteiger partial charge is 0.224 e. The quantitative estimate of drug-likeness (QED) is 0.636. The summed E-state index contributed by atoms with van der Waals surface area (Å²) in [5, 5.41) is 3.12. The number of amides is 1. The van der Waals surface area contributed by atoms with Crippen LogP contribution in [0, 0.1) is 0 Å². The molecule has 0 aliphatic rings. The van der Waals surface area contributed by atoms with Crippen molar-refractivity contribution in [3.63, 3.8) is 0 Å². The van der Waals surface area contributed by atoms with Crippen LogP contribution in [0.2, 0.25) is 0 Å². The molecular weight excluding hydrogens is 210 g/mol. The highest BCUT2D eigenvalue weighted by Gasteiger charge is 2.12. The van der Waals surface area contributed by atoms with Crippen LogP contribution in [0.1, 0.15) is 59.8 Å². The largest absolute Gasteiger partial charge is 0.353 e. The summed E-state index contributed by atoms with van der Waals surface area (Å²) in [5.74, 6) is 0.119.